The molecule has 0 radical (unpaired) electrons. The van der Waals surface area contributed by atoms with E-state index < -0.39 is 11.7 Å². The van der Waals surface area contributed by atoms with E-state index in [0.717, 1.165) is 25.0 Å². The molecule has 0 unspecified atom stereocenters. The van der Waals surface area contributed by atoms with E-state index in [9.17, 15) is 13.2 Å². The highest BCUT2D eigenvalue weighted by Crippen LogP contribution is 2.40. The number of unbranched alkanes of at least 4 members (excludes halogenated alkanes) is 5. The topological polar surface area (TPSA) is 9.23 Å². The van der Waals surface area contributed by atoms with Gasteiger partial charge in [-0.25, -0.2) is 0 Å². The van der Waals surface area contributed by atoms with Crippen LogP contribution < -0.4 is 4.74 Å². The van der Waals surface area contributed by atoms with Crippen LogP contribution in [0.2, 0.25) is 0 Å². The van der Waals surface area contributed by atoms with Gasteiger partial charge in [-0.3, -0.25) is 0 Å². The fourth-order valence-corrected chi connectivity index (χ4v) is 3.33. The molecule has 1 aromatic carbocycles. The fourth-order valence-electron chi connectivity index (χ4n) is 1.92. The van der Waals surface area contributed by atoms with Crippen molar-refractivity contribution in [3.05, 3.63) is 26.6 Å². The van der Waals surface area contributed by atoms with E-state index in [1.165, 1.54) is 25.7 Å². The first-order valence-electron chi connectivity index (χ1n) is 7.05. The number of alkyl halides is 3. The van der Waals surface area contributed by atoms with Crippen LogP contribution in [0.3, 0.4) is 0 Å². The minimum absolute atomic E-state index is 0.315. The zero-order valence-corrected chi connectivity index (χ0v) is 15.1. The van der Waals surface area contributed by atoms with Gasteiger partial charge in [0.15, 0.2) is 0 Å². The monoisotopic (exact) mass is 430 g/mol. The molecule has 0 aliphatic heterocycles. The van der Waals surface area contributed by atoms with E-state index in [4.69, 9.17) is 4.74 Å². The Labute approximate surface area is 140 Å². The van der Waals surface area contributed by atoms with Gasteiger partial charge in [0.1, 0.15) is 5.75 Å². The molecular weight excluding hydrogens is 413 g/mol. The Kier molecular flexibility index (Phi) is 8.09. The maximum Gasteiger partial charge on any atom is 0.416 e. The van der Waals surface area contributed by atoms with E-state index in [1.54, 1.807) is 0 Å². The Bertz CT molecular complexity index is 424. The average Bonchev–Trinajstić information content (AvgIpc) is 2.39. The highest BCUT2D eigenvalue weighted by Gasteiger charge is 2.32. The molecular formula is C15H19Br2F3O. The minimum atomic E-state index is -4.36. The van der Waals surface area contributed by atoms with Crippen molar-refractivity contribution in [2.24, 2.45) is 0 Å². The Balaban J connectivity index is 2.49. The predicted octanol–water partition coefficient (Wildman–Crippen LogP) is 6.97. The maximum atomic E-state index is 12.7. The van der Waals surface area contributed by atoms with Gasteiger partial charge >= 0.3 is 6.18 Å². The van der Waals surface area contributed by atoms with E-state index in [2.05, 4.69) is 38.8 Å². The van der Waals surface area contributed by atoms with Gasteiger partial charge < -0.3 is 4.74 Å². The minimum Gasteiger partial charge on any atom is -0.491 e. The molecule has 0 aliphatic rings. The van der Waals surface area contributed by atoms with Crippen molar-refractivity contribution in [2.75, 3.05) is 6.61 Å². The molecule has 0 aromatic heterocycles. The molecule has 0 aliphatic carbocycles. The summed E-state index contributed by atoms with van der Waals surface area (Å²) < 4.78 is 44.2. The highest BCUT2D eigenvalue weighted by molar-refractivity contribution is 9.11. The van der Waals surface area contributed by atoms with E-state index >= 15 is 0 Å². The van der Waals surface area contributed by atoms with Crippen molar-refractivity contribution in [3.8, 4) is 5.75 Å². The summed E-state index contributed by atoms with van der Waals surface area (Å²) in [5.74, 6) is 0.427. The first kappa shape index (κ1) is 18.8. The second kappa shape index (κ2) is 9.03. The van der Waals surface area contributed by atoms with Gasteiger partial charge in [-0.1, -0.05) is 39.0 Å². The maximum absolute atomic E-state index is 12.7. The summed E-state index contributed by atoms with van der Waals surface area (Å²) in [5, 5.41) is 0. The molecule has 0 heterocycles. The van der Waals surface area contributed by atoms with Crippen LogP contribution in [-0.4, -0.2) is 6.61 Å². The molecule has 1 nitrogen and oxygen atoms in total. The van der Waals surface area contributed by atoms with Crippen LogP contribution in [0.15, 0.2) is 21.1 Å². The van der Waals surface area contributed by atoms with E-state index in [0.29, 0.717) is 21.3 Å². The van der Waals surface area contributed by atoms with Gasteiger partial charge in [-0.2, -0.15) is 13.2 Å². The summed E-state index contributed by atoms with van der Waals surface area (Å²) >= 11 is 6.28. The fraction of sp³-hybridized carbons (Fsp3) is 0.600. The first-order chi connectivity index (χ1) is 9.86. The Hall–Kier alpha value is -0.230. The van der Waals surface area contributed by atoms with Crippen LogP contribution in [0.5, 0.6) is 5.75 Å². The summed E-state index contributed by atoms with van der Waals surface area (Å²) in [7, 11) is 0. The van der Waals surface area contributed by atoms with Gasteiger partial charge in [0.05, 0.1) is 21.1 Å². The van der Waals surface area contributed by atoms with Gasteiger partial charge in [0, 0.05) is 0 Å². The third-order valence-electron chi connectivity index (χ3n) is 3.07. The summed E-state index contributed by atoms with van der Waals surface area (Å²) in [6.45, 7) is 2.68. The van der Waals surface area contributed by atoms with Crippen LogP contribution in [0.4, 0.5) is 13.2 Å². The van der Waals surface area contributed by atoms with Crippen molar-refractivity contribution >= 4 is 31.9 Å². The summed E-state index contributed by atoms with van der Waals surface area (Å²) in [4.78, 5) is 0. The normalized spacial score (nSPS) is 11.7. The molecule has 0 spiro atoms. The molecule has 0 fully saturated rings. The molecule has 1 rings (SSSR count). The van der Waals surface area contributed by atoms with Gasteiger partial charge in [-0.15, -0.1) is 0 Å². The van der Waals surface area contributed by atoms with Crippen molar-refractivity contribution in [2.45, 2.75) is 51.6 Å². The van der Waals surface area contributed by atoms with Crippen molar-refractivity contribution in [1.29, 1.82) is 0 Å². The SMILES string of the molecule is CCCCCCCCOc1c(Br)cc(C(F)(F)F)cc1Br. The Morgan fingerprint density at radius 3 is 2.00 bits per heavy atom. The lowest BCUT2D eigenvalue weighted by molar-refractivity contribution is -0.137. The number of benzene rings is 1. The molecule has 120 valence electrons. The highest BCUT2D eigenvalue weighted by atomic mass is 79.9. The summed E-state index contributed by atoms with van der Waals surface area (Å²) in [5.41, 5.74) is -0.701. The lowest BCUT2D eigenvalue weighted by Gasteiger charge is -2.13. The number of halogens is 5. The van der Waals surface area contributed by atoms with Crippen LogP contribution in [-0.2, 0) is 6.18 Å². The molecule has 0 saturated heterocycles. The molecule has 0 N–H and O–H groups in total. The predicted molar refractivity (Wildman–Crippen MR) is 85.7 cm³/mol. The molecule has 6 heteroatoms. The van der Waals surface area contributed by atoms with Crippen molar-refractivity contribution in [1.82, 2.24) is 0 Å². The Morgan fingerprint density at radius 2 is 1.48 bits per heavy atom. The van der Waals surface area contributed by atoms with Crippen LogP contribution in [0, 0.1) is 0 Å². The van der Waals surface area contributed by atoms with Crippen LogP contribution in [0.25, 0.3) is 0 Å². The van der Waals surface area contributed by atoms with E-state index in [-0.39, 0.29) is 0 Å². The van der Waals surface area contributed by atoms with Crippen molar-refractivity contribution in [3.63, 3.8) is 0 Å². The zero-order valence-electron chi connectivity index (χ0n) is 11.9. The van der Waals surface area contributed by atoms with Gasteiger partial charge in [-0.05, 0) is 50.4 Å². The third kappa shape index (κ3) is 6.59. The smallest absolute Gasteiger partial charge is 0.416 e. The van der Waals surface area contributed by atoms with Crippen molar-refractivity contribution < 1.29 is 17.9 Å². The number of hydrogen-bond acceptors (Lipinski definition) is 1. The van der Waals surface area contributed by atoms with Crippen LogP contribution in [0.1, 0.15) is 51.0 Å². The zero-order chi connectivity index (χ0) is 15.9. The molecule has 0 saturated carbocycles. The number of rotatable bonds is 8. The Morgan fingerprint density at radius 1 is 0.952 bits per heavy atom. The molecule has 0 atom stereocenters. The largest absolute Gasteiger partial charge is 0.491 e. The van der Waals surface area contributed by atoms with Gasteiger partial charge in [0.2, 0.25) is 0 Å². The second-order valence-corrected chi connectivity index (χ2v) is 6.59. The molecule has 1 aromatic rings. The number of hydrogen-bond donors (Lipinski definition) is 0. The molecule has 21 heavy (non-hydrogen) atoms. The molecule has 0 bridgehead atoms. The number of ether oxygens (including phenoxy) is 1. The second-order valence-electron chi connectivity index (χ2n) is 4.88. The summed E-state index contributed by atoms with van der Waals surface area (Å²) in [6, 6.07) is 2.09. The lowest BCUT2D eigenvalue weighted by Crippen LogP contribution is -2.06. The first-order valence-corrected chi connectivity index (χ1v) is 8.64. The standard InChI is InChI=1S/C15H19Br2F3O/c1-2-3-4-5-6-7-8-21-14-12(16)9-11(10-13(14)17)15(18,19)20/h9-10H,2-8H2,1H3. The summed E-state index contributed by atoms with van der Waals surface area (Å²) in [6.07, 6.45) is 2.48. The average molecular weight is 432 g/mol. The third-order valence-corrected chi connectivity index (χ3v) is 4.25. The molecule has 0 amide bonds. The van der Waals surface area contributed by atoms with Gasteiger partial charge in [0.25, 0.3) is 0 Å². The lowest BCUT2D eigenvalue weighted by atomic mass is 10.1. The quantitative estimate of drug-likeness (QED) is 0.404. The van der Waals surface area contributed by atoms with Crippen LogP contribution >= 0.6 is 31.9 Å². The van der Waals surface area contributed by atoms with E-state index in [1.807, 2.05) is 0 Å².